The summed E-state index contributed by atoms with van der Waals surface area (Å²) in [5, 5.41) is 0. The van der Waals surface area contributed by atoms with Crippen LogP contribution in [0.4, 0.5) is 4.79 Å². The van der Waals surface area contributed by atoms with Gasteiger partial charge in [0.15, 0.2) is 0 Å². The van der Waals surface area contributed by atoms with Crippen molar-refractivity contribution >= 4 is 12.1 Å². The van der Waals surface area contributed by atoms with E-state index in [2.05, 4.69) is 4.90 Å². The van der Waals surface area contributed by atoms with Crippen molar-refractivity contribution in [2.75, 3.05) is 33.3 Å². The minimum Gasteiger partial charge on any atom is -0.469 e. The Labute approximate surface area is 132 Å². The summed E-state index contributed by atoms with van der Waals surface area (Å²) in [4.78, 5) is 27.9. The van der Waals surface area contributed by atoms with Crippen LogP contribution in [0, 0.1) is 5.92 Å². The maximum absolute atomic E-state index is 12.1. The van der Waals surface area contributed by atoms with E-state index in [0.717, 1.165) is 38.9 Å². The van der Waals surface area contributed by atoms with E-state index < -0.39 is 5.60 Å². The number of carbonyl (C=O) groups is 2. The Morgan fingerprint density at radius 1 is 1.09 bits per heavy atom. The number of hydrogen-bond acceptors (Lipinski definition) is 5. The van der Waals surface area contributed by atoms with Crippen LogP contribution >= 0.6 is 0 Å². The third kappa shape index (κ3) is 4.35. The molecule has 0 N–H and O–H groups in total. The molecular weight excluding hydrogens is 284 g/mol. The molecule has 0 radical (unpaired) electrons. The topological polar surface area (TPSA) is 59.1 Å². The Hall–Kier alpha value is -1.30. The van der Waals surface area contributed by atoms with Gasteiger partial charge in [-0.25, -0.2) is 4.79 Å². The molecular formula is C16H28N2O4. The molecule has 2 saturated heterocycles. The van der Waals surface area contributed by atoms with E-state index in [1.165, 1.54) is 7.11 Å². The van der Waals surface area contributed by atoms with Crippen LogP contribution in [0.3, 0.4) is 0 Å². The molecule has 6 nitrogen and oxygen atoms in total. The van der Waals surface area contributed by atoms with Gasteiger partial charge in [-0.3, -0.25) is 9.69 Å². The second-order valence-corrected chi connectivity index (χ2v) is 7.23. The molecule has 0 aromatic carbocycles. The van der Waals surface area contributed by atoms with Crippen LogP contribution in [-0.2, 0) is 14.3 Å². The van der Waals surface area contributed by atoms with Crippen LogP contribution in [0.15, 0.2) is 0 Å². The first-order valence-corrected chi connectivity index (χ1v) is 8.10. The Morgan fingerprint density at radius 3 is 2.45 bits per heavy atom. The molecule has 126 valence electrons. The average Bonchev–Trinajstić information content (AvgIpc) is 2.95. The van der Waals surface area contributed by atoms with Crippen molar-refractivity contribution in [3.63, 3.8) is 0 Å². The molecule has 2 heterocycles. The summed E-state index contributed by atoms with van der Waals surface area (Å²) in [6.45, 7) is 8.76. The molecule has 0 saturated carbocycles. The molecule has 1 amide bonds. The van der Waals surface area contributed by atoms with Gasteiger partial charge in [0, 0.05) is 25.7 Å². The molecule has 2 aliphatic heterocycles. The fourth-order valence-electron chi connectivity index (χ4n) is 3.23. The number of rotatable bonds is 2. The number of esters is 1. The van der Waals surface area contributed by atoms with Crippen LogP contribution in [0.25, 0.3) is 0 Å². The van der Waals surface area contributed by atoms with Crippen LogP contribution in [-0.4, -0.2) is 66.8 Å². The summed E-state index contributed by atoms with van der Waals surface area (Å²) in [7, 11) is 1.45. The number of amides is 1. The monoisotopic (exact) mass is 312 g/mol. The summed E-state index contributed by atoms with van der Waals surface area (Å²) in [5.41, 5.74) is -0.462. The summed E-state index contributed by atoms with van der Waals surface area (Å²) in [6.07, 6.45) is 2.60. The predicted octanol–water partition coefficient (Wildman–Crippen LogP) is 1.88. The highest BCUT2D eigenvalue weighted by Gasteiger charge is 2.36. The second kappa shape index (κ2) is 6.86. The van der Waals surface area contributed by atoms with Crippen molar-refractivity contribution in [1.82, 2.24) is 9.80 Å². The number of likely N-dealkylation sites (tertiary alicyclic amines) is 2. The van der Waals surface area contributed by atoms with Crippen LogP contribution in [0.1, 0.15) is 40.0 Å². The van der Waals surface area contributed by atoms with Gasteiger partial charge in [0.1, 0.15) is 5.60 Å². The second-order valence-electron chi connectivity index (χ2n) is 7.23. The van der Waals surface area contributed by atoms with Gasteiger partial charge in [-0.2, -0.15) is 0 Å². The normalized spacial score (nSPS) is 26.8. The number of piperidine rings is 1. The molecule has 22 heavy (non-hydrogen) atoms. The Balaban J connectivity index is 1.87. The van der Waals surface area contributed by atoms with Crippen molar-refractivity contribution in [1.29, 1.82) is 0 Å². The van der Waals surface area contributed by atoms with Gasteiger partial charge in [0.2, 0.25) is 0 Å². The molecule has 2 fully saturated rings. The Bertz CT molecular complexity index is 419. The lowest BCUT2D eigenvalue weighted by atomic mass is 9.96. The van der Waals surface area contributed by atoms with Crippen molar-refractivity contribution in [2.24, 2.45) is 5.92 Å². The van der Waals surface area contributed by atoms with Crippen molar-refractivity contribution in [3.8, 4) is 0 Å². The van der Waals surface area contributed by atoms with E-state index >= 15 is 0 Å². The predicted molar refractivity (Wildman–Crippen MR) is 82.5 cm³/mol. The number of ether oxygens (including phenoxy) is 2. The Kier molecular flexibility index (Phi) is 5.32. The first-order chi connectivity index (χ1) is 10.3. The summed E-state index contributed by atoms with van der Waals surface area (Å²) >= 11 is 0. The lowest BCUT2D eigenvalue weighted by Gasteiger charge is -2.35. The quantitative estimate of drug-likeness (QED) is 0.729. The highest BCUT2D eigenvalue weighted by Crippen LogP contribution is 2.25. The average molecular weight is 312 g/mol. The maximum Gasteiger partial charge on any atom is 0.410 e. The minimum atomic E-state index is -0.462. The molecule has 0 aromatic rings. The molecule has 6 heteroatoms. The molecule has 0 spiro atoms. The summed E-state index contributed by atoms with van der Waals surface area (Å²) < 4.78 is 10.3. The van der Waals surface area contributed by atoms with Gasteiger partial charge in [0.05, 0.1) is 13.0 Å². The largest absolute Gasteiger partial charge is 0.469 e. The van der Waals surface area contributed by atoms with Crippen LogP contribution in [0.5, 0.6) is 0 Å². The summed E-state index contributed by atoms with van der Waals surface area (Å²) in [6, 6.07) is 0.319. The number of hydrogen-bond donors (Lipinski definition) is 0. The fourth-order valence-corrected chi connectivity index (χ4v) is 3.23. The van der Waals surface area contributed by atoms with E-state index in [1.807, 2.05) is 20.8 Å². The van der Waals surface area contributed by atoms with E-state index in [9.17, 15) is 9.59 Å². The first kappa shape index (κ1) is 17.1. The number of nitrogens with zero attached hydrogens (tertiary/aromatic N) is 2. The molecule has 2 aliphatic rings. The van der Waals surface area contributed by atoms with Gasteiger partial charge < -0.3 is 14.4 Å². The zero-order valence-corrected chi connectivity index (χ0v) is 14.1. The number of methoxy groups -OCH3 is 1. The van der Waals surface area contributed by atoms with Gasteiger partial charge in [-0.05, 0) is 46.6 Å². The molecule has 0 aliphatic carbocycles. The van der Waals surface area contributed by atoms with Gasteiger partial charge in [-0.15, -0.1) is 0 Å². The Morgan fingerprint density at radius 2 is 1.82 bits per heavy atom. The van der Waals surface area contributed by atoms with Crippen LogP contribution in [0.2, 0.25) is 0 Å². The minimum absolute atomic E-state index is 0.0330. The van der Waals surface area contributed by atoms with E-state index in [1.54, 1.807) is 4.90 Å². The van der Waals surface area contributed by atoms with E-state index in [4.69, 9.17) is 9.47 Å². The van der Waals surface area contributed by atoms with E-state index in [0.29, 0.717) is 12.6 Å². The third-order valence-electron chi connectivity index (χ3n) is 4.32. The van der Waals surface area contributed by atoms with Gasteiger partial charge >= 0.3 is 12.1 Å². The maximum atomic E-state index is 12.1. The van der Waals surface area contributed by atoms with Crippen molar-refractivity contribution in [2.45, 2.75) is 51.7 Å². The molecule has 0 unspecified atom stereocenters. The van der Waals surface area contributed by atoms with Gasteiger partial charge in [0.25, 0.3) is 0 Å². The zero-order valence-electron chi connectivity index (χ0n) is 14.1. The summed E-state index contributed by atoms with van der Waals surface area (Å²) in [5.74, 6) is -0.152. The lowest BCUT2D eigenvalue weighted by Crippen LogP contribution is -2.46. The molecule has 2 atom stereocenters. The fraction of sp³-hybridized carbons (Fsp3) is 0.875. The van der Waals surface area contributed by atoms with Crippen molar-refractivity contribution in [3.05, 3.63) is 0 Å². The first-order valence-electron chi connectivity index (χ1n) is 8.10. The molecule has 2 rings (SSSR count). The highest BCUT2D eigenvalue weighted by molar-refractivity contribution is 5.72. The molecule has 0 bridgehead atoms. The van der Waals surface area contributed by atoms with E-state index in [-0.39, 0.29) is 18.0 Å². The van der Waals surface area contributed by atoms with Crippen LogP contribution < -0.4 is 0 Å². The third-order valence-corrected chi connectivity index (χ3v) is 4.32. The highest BCUT2D eigenvalue weighted by atomic mass is 16.6. The smallest absolute Gasteiger partial charge is 0.410 e. The number of carbonyl (C=O) groups excluding carboxylic acids is 2. The zero-order chi connectivity index (χ0) is 16.3. The standard InChI is InChI=1S/C16H28N2O4/c1-16(2,3)22-15(20)18-9-7-13(11-18)17-8-5-6-12(10-17)14(19)21-4/h12-13H,5-11H2,1-4H3/t12-,13+/m1/s1. The SMILES string of the molecule is COC(=O)[C@@H]1CCCN([C@H]2CCN(C(=O)OC(C)(C)C)C2)C1. The molecule has 0 aromatic heterocycles. The van der Waals surface area contributed by atoms with Gasteiger partial charge in [-0.1, -0.05) is 0 Å². The van der Waals surface area contributed by atoms with Crippen molar-refractivity contribution < 1.29 is 19.1 Å². The lowest BCUT2D eigenvalue weighted by molar-refractivity contribution is -0.147.